The molecule has 4 nitrogen and oxygen atoms in total. The van der Waals surface area contributed by atoms with Gasteiger partial charge in [-0.05, 0) is 43.7 Å². The Morgan fingerprint density at radius 1 is 1.21 bits per heavy atom. The summed E-state index contributed by atoms with van der Waals surface area (Å²) in [6.07, 6.45) is 0.0985. The minimum Gasteiger partial charge on any atom is -0.493 e. The highest BCUT2D eigenvalue weighted by Gasteiger charge is 2.15. The van der Waals surface area contributed by atoms with E-state index >= 15 is 0 Å². The summed E-state index contributed by atoms with van der Waals surface area (Å²) in [6.45, 7) is 4.19. The number of nitrogens with one attached hydrogen (secondary N) is 1. The topological polar surface area (TPSA) is 51.2 Å². The van der Waals surface area contributed by atoms with Crippen molar-refractivity contribution in [2.45, 2.75) is 26.3 Å². The number of para-hydroxylation sites is 1. The van der Waals surface area contributed by atoms with Gasteiger partial charge in [-0.15, -0.1) is 11.3 Å². The monoisotopic (exact) mass is 402 g/mol. The molecule has 1 amide bonds. The van der Waals surface area contributed by atoms with E-state index in [1.807, 2.05) is 36.6 Å². The molecule has 1 unspecified atom stereocenters. The van der Waals surface area contributed by atoms with Crippen LogP contribution in [0.2, 0.25) is 0 Å². The van der Waals surface area contributed by atoms with E-state index in [0.29, 0.717) is 17.9 Å². The van der Waals surface area contributed by atoms with Gasteiger partial charge in [0.05, 0.1) is 30.3 Å². The SMILES string of the molecule is CCOc1ccccc1-c1nc(CC(=O)NC(C)c2ccc(F)c(F)c2)cs1. The van der Waals surface area contributed by atoms with Crippen molar-refractivity contribution in [2.24, 2.45) is 0 Å². The maximum absolute atomic E-state index is 13.4. The number of carbonyl (C=O) groups is 1. The molecular formula is C21H20F2N2O2S. The molecule has 0 aliphatic rings. The minimum absolute atomic E-state index is 0.0985. The second kappa shape index (κ2) is 8.93. The molecule has 0 aliphatic carbocycles. The molecule has 0 bridgehead atoms. The highest BCUT2D eigenvalue weighted by Crippen LogP contribution is 2.32. The Labute approximate surface area is 166 Å². The number of carbonyl (C=O) groups excluding carboxylic acids is 1. The maximum atomic E-state index is 13.4. The summed E-state index contributed by atoms with van der Waals surface area (Å²) < 4.78 is 32.1. The lowest BCUT2D eigenvalue weighted by atomic mass is 10.1. The Kier molecular flexibility index (Phi) is 6.36. The van der Waals surface area contributed by atoms with Crippen molar-refractivity contribution in [3.05, 3.63) is 70.7 Å². The Morgan fingerprint density at radius 3 is 2.75 bits per heavy atom. The van der Waals surface area contributed by atoms with Gasteiger partial charge in [-0.25, -0.2) is 13.8 Å². The quantitative estimate of drug-likeness (QED) is 0.611. The van der Waals surface area contributed by atoms with E-state index in [0.717, 1.165) is 28.5 Å². The molecule has 0 fully saturated rings. The molecule has 7 heteroatoms. The van der Waals surface area contributed by atoms with Gasteiger partial charge in [-0.2, -0.15) is 0 Å². The number of ether oxygens (including phenoxy) is 1. The predicted octanol–water partition coefficient (Wildman–Crippen LogP) is 4.91. The van der Waals surface area contributed by atoms with Crippen molar-refractivity contribution in [1.82, 2.24) is 10.3 Å². The van der Waals surface area contributed by atoms with Crippen LogP contribution >= 0.6 is 11.3 Å². The van der Waals surface area contributed by atoms with Crippen LogP contribution in [-0.2, 0) is 11.2 Å². The number of halogens is 2. The fourth-order valence-electron chi connectivity index (χ4n) is 2.76. The van der Waals surface area contributed by atoms with Crippen molar-refractivity contribution in [3.8, 4) is 16.3 Å². The smallest absolute Gasteiger partial charge is 0.226 e. The molecule has 0 spiro atoms. The molecule has 1 N–H and O–H groups in total. The average Bonchev–Trinajstić information content (AvgIpc) is 3.12. The third-order valence-electron chi connectivity index (χ3n) is 4.13. The molecule has 1 atom stereocenters. The zero-order valence-electron chi connectivity index (χ0n) is 15.5. The largest absolute Gasteiger partial charge is 0.493 e. The highest BCUT2D eigenvalue weighted by molar-refractivity contribution is 7.13. The van der Waals surface area contributed by atoms with Crippen LogP contribution in [0.1, 0.15) is 31.1 Å². The lowest BCUT2D eigenvalue weighted by molar-refractivity contribution is -0.121. The first-order valence-corrected chi connectivity index (χ1v) is 9.76. The molecule has 1 aromatic heterocycles. The van der Waals surface area contributed by atoms with Gasteiger partial charge in [0, 0.05) is 5.38 Å². The van der Waals surface area contributed by atoms with Crippen molar-refractivity contribution in [2.75, 3.05) is 6.61 Å². The van der Waals surface area contributed by atoms with E-state index < -0.39 is 17.7 Å². The lowest BCUT2D eigenvalue weighted by Crippen LogP contribution is -2.28. The summed E-state index contributed by atoms with van der Waals surface area (Å²) in [6, 6.07) is 10.8. The first-order valence-electron chi connectivity index (χ1n) is 8.88. The normalized spacial score (nSPS) is 11.9. The maximum Gasteiger partial charge on any atom is 0.226 e. The second-order valence-corrected chi connectivity index (χ2v) is 7.07. The van der Waals surface area contributed by atoms with Crippen LogP contribution in [0.15, 0.2) is 47.8 Å². The summed E-state index contributed by atoms with van der Waals surface area (Å²) in [5.41, 5.74) is 2.02. The van der Waals surface area contributed by atoms with Gasteiger partial charge in [0.25, 0.3) is 0 Å². The van der Waals surface area contributed by atoms with Gasteiger partial charge in [0.2, 0.25) is 5.91 Å². The van der Waals surface area contributed by atoms with Crippen LogP contribution in [0.25, 0.3) is 10.6 Å². The first-order chi connectivity index (χ1) is 13.5. The minimum atomic E-state index is -0.935. The number of hydrogen-bond acceptors (Lipinski definition) is 4. The number of aromatic nitrogens is 1. The highest BCUT2D eigenvalue weighted by atomic mass is 32.1. The Balaban J connectivity index is 1.66. The van der Waals surface area contributed by atoms with Crippen molar-refractivity contribution >= 4 is 17.2 Å². The predicted molar refractivity (Wildman–Crippen MR) is 105 cm³/mol. The average molecular weight is 402 g/mol. The van der Waals surface area contributed by atoms with E-state index in [9.17, 15) is 13.6 Å². The zero-order chi connectivity index (χ0) is 20.1. The van der Waals surface area contributed by atoms with E-state index in [1.54, 1.807) is 6.92 Å². The standard InChI is InChI=1S/C21H20F2N2O2S/c1-3-27-19-7-5-4-6-16(19)21-25-15(12-28-21)11-20(26)24-13(2)14-8-9-17(22)18(23)10-14/h4-10,12-13H,3,11H2,1-2H3,(H,24,26). The van der Waals surface area contributed by atoms with Crippen LogP contribution < -0.4 is 10.1 Å². The van der Waals surface area contributed by atoms with Crippen LogP contribution in [0, 0.1) is 11.6 Å². The van der Waals surface area contributed by atoms with Gasteiger partial charge in [0.15, 0.2) is 11.6 Å². The molecule has 3 aromatic rings. The Morgan fingerprint density at radius 2 is 2.00 bits per heavy atom. The lowest BCUT2D eigenvalue weighted by Gasteiger charge is -2.14. The number of thiazole rings is 1. The van der Waals surface area contributed by atoms with Gasteiger partial charge in [-0.1, -0.05) is 18.2 Å². The van der Waals surface area contributed by atoms with Crippen LogP contribution in [0.5, 0.6) is 5.75 Å². The Bertz CT molecular complexity index is 975. The molecule has 0 saturated heterocycles. The molecule has 0 aliphatic heterocycles. The Hall–Kier alpha value is -2.80. The van der Waals surface area contributed by atoms with E-state index in [4.69, 9.17) is 4.74 Å². The van der Waals surface area contributed by atoms with Gasteiger partial charge >= 0.3 is 0 Å². The molecule has 0 radical (unpaired) electrons. The summed E-state index contributed by atoms with van der Waals surface area (Å²) >= 11 is 1.44. The third-order valence-corrected chi connectivity index (χ3v) is 5.06. The number of hydrogen-bond donors (Lipinski definition) is 1. The molecule has 28 heavy (non-hydrogen) atoms. The van der Waals surface area contributed by atoms with Crippen LogP contribution in [0.4, 0.5) is 8.78 Å². The van der Waals surface area contributed by atoms with Crippen LogP contribution in [0.3, 0.4) is 0 Å². The van der Waals surface area contributed by atoms with Gasteiger partial charge < -0.3 is 10.1 Å². The zero-order valence-corrected chi connectivity index (χ0v) is 16.4. The fraction of sp³-hybridized carbons (Fsp3) is 0.238. The van der Waals surface area contributed by atoms with Gasteiger partial charge in [-0.3, -0.25) is 4.79 Å². The summed E-state index contributed by atoms with van der Waals surface area (Å²) in [7, 11) is 0. The van der Waals surface area contributed by atoms with E-state index in [1.165, 1.54) is 17.4 Å². The number of nitrogens with zero attached hydrogens (tertiary/aromatic N) is 1. The van der Waals surface area contributed by atoms with Crippen molar-refractivity contribution in [3.63, 3.8) is 0 Å². The van der Waals surface area contributed by atoms with Crippen molar-refractivity contribution in [1.29, 1.82) is 0 Å². The summed E-state index contributed by atoms with van der Waals surface area (Å²) in [5, 5.41) is 5.40. The molecule has 0 saturated carbocycles. The number of amides is 1. The molecule has 2 aromatic carbocycles. The second-order valence-electron chi connectivity index (χ2n) is 6.21. The van der Waals surface area contributed by atoms with Gasteiger partial charge in [0.1, 0.15) is 10.8 Å². The van der Waals surface area contributed by atoms with E-state index in [-0.39, 0.29) is 12.3 Å². The molecule has 146 valence electrons. The van der Waals surface area contributed by atoms with Crippen LogP contribution in [-0.4, -0.2) is 17.5 Å². The molecule has 1 heterocycles. The first kappa shape index (κ1) is 19.9. The van der Waals surface area contributed by atoms with Crippen molar-refractivity contribution < 1.29 is 18.3 Å². The van der Waals surface area contributed by atoms with E-state index in [2.05, 4.69) is 10.3 Å². The number of rotatable bonds is 7. The fourth-order valence-corrected chi connectivity index (χ4v) is 3.61. The molecule has 3 rings (SSSR count). The number of benzene rings is 2. The third kappa shape index (κ3) is 4.72. The summed E-state index contributed by atoms with van der Waals surface area (Å²) in [4.78, 5) is 16.9. The summed E-state index contributed by atoms with van der Waals surface area (Å²) in [5.74, 6) is -1.34. The molecular weight excluding hydrogens is 382 g/mol.